The molecular formula is C13H24O. The third kappa shape index (κ3) is 4.78. The molecule has 1 aliphatic carbocycles. The van der Waals surface area contributed by atoms with Gasteiger partial charge in [-0.05, 0) is 12.3 Å². The molecule has 0 spiro atoms. The lowest BCUT2D eigenvalue weighted by Crippen LogP contribution is -1.95. The van der Waals surface area contributed by atoms with E-state index in [-0.39, 0.29) is 0 Å². The normalized spacial score (nSPS) is 21.8. The van der Waals surface area contributed by atoms with Crippen LogP contribution in [0.15, 0.2) is 0 Å². The van der Waals surface area contributed by atoms with Crippen molar-refractivity contribution in [1.82, 2.24) is 0 Å². The minimum absolute atomic E-state index is 0.501. The van der Waals surface area contributed by atoms with Crippen LogP contribution in [0, 0.1) is 5.92 Å². The molecular weight excluding hydrogens is 172 g/mol. The summed E-state index contributed by atoms with van der Waals surface area (Å²) in [6, 6.07) is 0. The molecule has 0 radical (unpaired) electrons. The summed E-state index contributed by atoms with van der Waals surface area (Å²) in [6.45, 7) is 2.25. The fourth-order valence-electron chi connectivity index (χ4n) is 2.35. The molecule has 0 aromatic rings. The number of hydrogen-bond acceptors (Lipinski definition) is 1. The van der Waals surface area contributed by atoms with E-state index in [1.54, 1.807) is 0 Å². The molecule has 0 unspecified atom stereocenters. The smallest absolute Gasteiger partial charge is 0.133 e. The fourth-order valence-corrected chi connectivity index (χ4v) is 2.35. The maximum absolute atomic E-state index is 11.0. The summed E-state index contributed by atoms with van der Waals surface area (Å²) in [5, 5.41) is 0. The van der Waals surface area contributed by atoms with Crippen LogP contribution in [-0.2, 0) is 4.79 Å². The van der Waals surface area contributed by atoms with E-state index in [1.807, 2.05) is 0 Å². The van der Waals surface area contributed by atoms with Gasteiger partial charge in [-0.2, -0.15) is 0 Å². The Hall–Kier alpha value is -0.330. The molecule has 1 atom stereocenters. The molecule has 0 heterocycles. The lowest BCUT2D eigenvalue weighted by Gasteiger charge is -2.06. The molecule has 1 aliphatic rings. The number of carbonyl (C=O) groups is 1. The molecule has 1 rings (SSSR count). The number of Topliss-reactive ketones (excluding diaryl/α,β-unsaturated/α-hetero) is 1. The van der Waals surface area contributed by atoms with Crippen LogP contribution in [0.3, 0.4) is 0 Å². The number of rotatable bonds is 7. The van der Waals surface area contributed by atoms with Gasteiger partial charge in [0, 0.05) is 12.8 Å². The molecule has 1 fully saturated rings. The van der Waals surface area contributed by atoms with Gasteiger partial charge in [0.15, 0.2) is 0 Å². The van der Waals surface area contributed by atoms with Crippen LogP contribution in [0.25, 0.3) is 0 Å². The third-order valence-electron chi connectivity index (χ3n) is 3.31. The molecule has 14 heavy (non-hydrogen) atoms. The Kier molecular flexibility index (Phi) is 5.89. The molecule has 0 aromatic heterocycles. The van der Waals surface area contributed by atoms with Crippen molar-refractivity contribution in [3.63, 3.8) is 0 Å². The maximum Gasteiger partial charge on any atom is 0.133 e. The van der Waals surface area contributed by atoms with Gasteiger partial charge in [-0.15, -0.1) is 0 Å². The first-order valence-corrected chi connectivity index (χ1v) is 6.34. The molecule has 0 N–H and O–H groups in total. The second kappa shape index (κ2) is 7.03. The van der Waals surface area contributed by atoms with Gasteiger partial charge in [0.25, 0.3) is 0 Å². The highest BCUT2D eigenvalue weighted by atomic mass is 16.1. The van der Waals surface area contributed by atoms with Crippen LogP contribution < -0.4 is 0 Å². The minimum atomic E-state index is 0.501. The average Bonchev–Trinajstić information content (AvgIpc) is 2.58. The fraction of sp³-hybridized carbons (Fsp3) is 0.923. The van der Waals surface area contributed by atoms with E-state index in [2.05, 4.69) is 6.92 Å². The number of hydrogen-bond donors (Lipinski definition) is 0. The summed E-state index contributed by atoms with van der Waals surface area (Å²) in [6.07, 6.45) is 12.5. The van der Waals surface area contributed by atoms with Crippen LogP contribution >= 0.6 is 0 Å². The quantitative estimate of drug-likeness (QED) is 0.560. The summed E-state index contributed by atoms with van der Waals surface area (Å²) in [5.74, 6) is 1.25. The number of unbranched alkanes of at least 4 members (excludes halogenated alkanes) is 5. The van der Waals surface area contributed by atoms with Crippen molar-refractivity contribution >= 4 is 5.78 Å². The SMILES string of the molecule is CCCCCCCC[C@@H]1CCC(=O)C1. The highest BCUT2D eigenvalue weighted by molar-refractivity contribution is 5.80. The standard InChI is InChI=1S/C13H24O/c1-2-3-4-5-6-7-8-12-9-10-13(14)11-12/h12H,2-11H2,1H3/t12-/m1/s1. The number of ketones is 1. The minimum Gasteiger partial charge on any atom is -0.300 e. The van der Waals surface area contributed by atoms with Crippen LogP contribution in [0.1, 0.15) is 71.1 Å². The van der Waals surface area contributed by atoms with Gasteiger partial charge in [-0.1, -0.05) is 51.9 Å². The zero-order chi connectivity index (χ0) is 10.2. The second-order valence-corrected chi connectivity index (χ2v) is 4.70. The Morgan fingerprint density at radius 2 is 1.86 bits per heavy atom. The van der Waals surface area contributed by atoms with Gasteiger partial charge in [-0.25, -0.2) is 0 Å². The Labute approximate surface area is 88.3 Å². The van der Waals surface area contributed by atoms with Crippen molar-refractivity contribution < 1.29 is 4.79 Å². The van der Waals surface area contributed by atoms with Gasteiger partial charge in [0.1, 0.15) is 5.78 Å². The summed E-state index contributed by atoms with van der Waals surface area (Å²) in [7, 11) is 0. The molecule has 0 aromatic carbocycles. The molecule has 82 valence electrons. The Bertz CT molecular complexity index is 163. The second-order valence-electron chi connectivity index (χ2n) is 4.70. The lowest BCUT2D eigenvalue weighted by atomic mass is 9.99. The van der Waals surface area contributed by atoms with Crippen LogP contribution in [-0.4, -0.2) is 5.78 Å². The monoisotopic (exact) mass is 196 g/mol. The van der Waals surface area contributed by atoms with E-state index in [1.165, 1.54) is 51.4 Å². The van der Waals surface area contributed by atoms with Gasteiger partial charge < -0.3 is 0 Å². The first-order chi connectivity index (χ1) is 6.83. The summed E-state index contributed by atoms with van der Waals surface area (Å²) >= 11 is 0. The van der Waals surface area contributed by atoms with Gasteiger partial charge >= 0.3 is 0 Å². The van der Waals surface area contributed by atoms with E-state index in [9.17, 15) is 4.79 Å². The molecule has 1 saturated carbocycles. The first kappa shape index (κ1) is 11.7. The Morgan fingerprint density at radius 3 is 2.50 bits per heavy atom. The average molecular weight is 196 g/mol. The topological polar surface area (TPSA) is 17.1 Å². The number of carbonyl (C=O) groups excluding carboxylic acids is 1. The van der Waals surface area contributed by atoms with E-state index in [4.69, 9.17) is 0 Å². The Balaban J connectivity index is 1.86. The molecule has 1 nitrogen and oxygen atoms in total. The van der Waals surface area contributed by atoms with Crippen molar-refractivity contribution in [2.45, 2.75) is 71.1 Å². The van der Waals surface area contributed by atoms with Gasteiger partial charge in [-0.3, -0.25) is 4.79 Å². The van der Waals surface area contributed by atoms with Crippen LogP contribution in [0.5, 0.6) is 0 Å². The summed E-state index contributed by atoms with van der Waals surface area (Å²) in [4.78, 5) is 11.0. The van der Waals surface area contributed by atoms with E-state index < -0.39 is 0 Å². The lowest BCUT2D eigenvalue weighted by molar-refractivity contribution is -0.117. The summed E-state index contributed by atoms with van der Waals surface area (Å²) in [5.41, 5.74) is 0. The van der Waals surface area contributed by atoms with Crippen LogP contribution in [0.2, 0.25) is 0 Å². The molecule has 0 amide bonds. The largest absolute Gasteiger partial charge is 0.300 e. The third-order valence-corrected chi connectivity index (χ3v) is 3.31. The van der Waals surface area contributed by atoms with E-state index in [0.717, 1.165) is 18.8 Å². The van der Waals surface area contributed by atoms with Crippen molar-refractivity contribution in [1.29, 1.82) is 0 Å². The molecule has 0 saturated heterocycles. The van der Waals surface area contributed by atoms with Crippen molar-refractivity contribution in [2.24, 2.45) is 5.92 Å². The molecule has 0 aliphatic heterocycles. The van der Waals surface area contributed by atoms with Crippen molar-refractivity contribution in [3.05, 3.63) is 0 Å². The van der Waals surface area contributed by atoms with Gasteiger partial charge in [0.2, 0.25) is 0 Å². The molecule has 1 heteroatoms. The van der Waals surface area contributed by atoms with Crippen molar-refractivity contribution in [2.75, 3.05) is 0 Å². The van der Waals surface area contributed by atoms with Crippen LogP contribution in [0.4, 0.5) is 0 Å². The molecule has 0 bridgehead atoms. The van der Waals surface area contributed by atoms with E-state index >= 15 is 0 Å². The predicted octanol–water partition coefficient (Wildman–Crippen LogP) is 4.11. The Morgan fingerprint density at radius 1 is 1.14 bits per heavy atom. The predicted molar refractivity (Wildman–Crippen MR) is 60.3 cm³/mol. The zero-order valence-electron chi connectivity index (χ0n) is 9.56. The highest BCUT2D eigenvalue weighted by Gasteiger charge is 2.20. The maximum atomic E-state index is 11.0. The highest BCUT2D eigenvalue weighted by Crippen LogP contribution is 2.27. The zero-order valence-corrected chi connectivity index (χ0v) is 9.56. The van der Waals surface area contributed by atoms with Crippen molar-refractivity contribution in [3.8, 4) is 0 Å². The summed E-state index contributed by atoms with van der Waals surface area (Å²) < 4.78 is 0. The van der Waals surface area contributed by atoms with Gasteiger partial charge in [0.05, 0.1) is 0 Å². The first-order valence-electron chi connectivity index (χ1n) is 6.34. The van der Waals surface area contributed by atoms with E-state index in [0.29, 0.717) is 5.78 Å².